The molecular formula is C24H40O. The van der Waals surface area contributed by atoms with Crippen molar-refractivity contribution >= 4 is 5.78 Å². The minimum absolute atomic E-state index is 0.182. The summed E-state index contributed by atoms with van der Waals surface area (Å²) in [7, 11) is 0. The minimum atomic E-state index is -0.182. The van der Waals surface area contributed by atoms with Gasteiger partial charge in [-0.1, -0.05) is 64.9 Å². The van der Waals surface area contributed by atoms with Crippen LogP contribution in [0.5, 0.6) is 0 Å². The highest BCUT2D eigenvalue weighted by atomic mass is 16.1. The van der Waals surface area contributed by atoms with Crippen molar-refractivity contribution in [1.29, 1.82) is 0 Å². The van der Waals surface area contributed by atoms with Crippen LogP contribution in [0.25, 0.3) is 0 Å². The largest absolute Gasteiger partial charge is 0.293 e. The molecular weight excluding hydrogens is 304 g/mol. The molecule has 0 aliphatic heterocycles. The van der Waals surface area contributed by atoms with E-state index in [0.29, 0.717) is 5.78 Å². The van der Waals surface area contributed by atoms with Crippen LogP contribution in [0, 0.1) is 5.41 Å². The first-order chi connectivity index (χ1) is 12.1. The van der Waals surface area contributed by atoms with Crippen molar-refractivity contribution in [2.24, 2.45) is 5.41 Å². The van der Waals surface area contributed by atoms with E-state index in [9.17, 15) is 4.79 Å². The molecule has 1 saturated carbocycles. The van der Waals surface area contributed by atoms with E-state index in [2.05, 4.69) is 33.1 Å². The van der Waals surface area contributed by atoms with Crippen LogP contribution in [0.4, 0.5) is 0 Å². The number of carbonyl (C=O) groups is 1. The van der Waals surface area contributed by atoms with Gasteiger partial charge in [0.2, 0.25) is 0 Å². The van der Waals surface area contributed by atoms with Crippen LogP contribution < -0.4 is 0 Å². The van der Waals surface area contributed by atoms with E-state index in [1.54, 1.807) is 0 Å². The summed E-state index contributed by atoms with van der Waals surface area (Å²) in [4.78, 5) is 13.5. The number of hydrogen-bond acceptors (Lipinski definition) is 1. The Morgan fingerprint density at radius 3 is 2.28 bits per heavy atom. The monoisotopic (exact) mass is 344 g/mol. The molecule has 0 aromatic rings. The number of rotatable bonds is 12. The standard InChI is InChI=1S/C24H40O/c1-5-8-10-12-15-21(4)20-22(16-9-6-2)23(25)24(17-7-3)18-13-11-14-19-24/h7H,3,5-6,8-19H2,1-2,4H3. The van der Waals surface area contributed by atoms with Crippen molar-refractivity contribution in [3.63, 3.8) is 0 Å². The van der Waals surface area contributed by atoms with Crippen molar-refractivity contribution in [3.05, 3.63) is 29.5 Å². The Bertz CT molecular complexity index is 470. The van der Waals surface area contributed by atoms with Crippen molar-refractivity contribution in [1.82, 2.24) is 0 Å². The van der Waals surface area contributed by atoms with Gasteiger partial charge in [-0.25, -0.2) is 0 Å². The molecule has 25 heavy (non-hydrogen) atoms. The molecule has 1 aliphatic carbocycles. The zero-order valence-corrected chi connectivity index (χ0v) is 17.1. The molecule has 0 radical (unpaired) electrons. The number of carbonyl (C=O) groups excluding carboxylic acids is 1. The summed E-state index contributed by atoms with van der Waals surface area (Å²) in [6.45, 7) is 10.5. The van der Waals surface area contributed by atoms with Gasteiger partial charge in [0.1, 0.15) is 0 Å². The summed E-state index contributed by atoms with van der Waals surface area (Å²) >= 11 is 0. The van der Waals surface area contributed by atoms with Gasteiger partial charge in [0, 0.05) is 11.0 Å². The maximum atomic E-state index is 13.5. The number of unbranched alkanes of at least 4 members (excludes halogenated alkanes) is 4. The van der Waals surface area contributed by atoms with Crippen molar-refractivity contribution < 1.29 is 4.79 Å². The first-order valence-electron chi connectivity index (χ1n) is 10.7. The number of hydrogen-bond donors (Lipinski definition) is 0. The average Bonchev–Trinajstić information content (AvgIpc) is 2.62. The van der Waals surface area contributed by atoms with Gasteiger partial charge in [0.25, 0.3) is 0 Å². The van der Waals surface area contributed by atoms with E-state index in [0.717, 1.165) is 50.5 Å². The Morgan fingerprint density at radius 1 is 1.00 bits per heavy atom. The molecule has 0 saturated heterocycles. The summed E-state index contributed by atoms with van der Waals surface area (Å²) in [6, 6.07) is 0. The predicted molar refractivity (Wildman–Crippen MR) is 110 cm³/mol. The van der Waals surface area contributed by atoms with Crippen molar-refractivity contribution in [2.75, 3.05) is 0 Å². The molecule has 1 nitrogen and oxygen atoms in total. The lowest BCUT2D eigenvalue weighted by molar-refractivity contribution is -0.126. The summed E-state index contributed by atoms with van der Waals surface area (Å²) in [5.74, 6) is 0.383. The highest BCUT2D eigenvalue weighted by Crippen LogP contribution is 2.42. The maximum Gasteiger partial charge on any atom is 0.172 e. The van der Waals surface area contributed by atoms with E-state index >= 15 is 0 Å². The molecule has 0 unspecified atom stereocenters. The highest BCUT2D eigenvalue weighted by molar-refractivity contribution is 6.00. The molecule has 0 aromatic carbocycles. The van der Waals surface area contributed by atoms with E-state index in [1.165, 1.54) is 50.5 Å². The molecule has 0 heterocycles. The van der Waals surface area contributed by atoms with Crippen LogP contribution in [0.15, 0.2) is 29.5 Å². The molecule has 1 heteroatoms. The fraction of sp³-hybridized carbons (Fsp3) is 0.750. The third-order valence-corrected chi connectivity index (χ3v) is 5.65. The summed E-state index contributed by atoms with van der Waals surface area (Å²) < 4.78 is 0. The normalized spacial score (nSPS) is 16.1. The van der Waals surface area contributed by atoms with Gasteiger partial charge < -0.3 is 0 Å². The van der Waals surface area contributed by atoms with Gasteiger partial charge in [0.15, 0.2) is 5.78 Å². The molecule has 0 aromatic heterocycles. The van der Waals surface area contributed by atoms with Crippen molar-refractivity contribution in [3.8, 4) is 0 Å². The maximum absolute atomic E-state index is 13.5. The first-order valence-corrected chi connectivity index (χ1v) is 10.7. The number of allylic oxidation sites excluding steroid dienone is 2. The predicted octanol–water partition coefficient (Wildman–Crippen LogP) is 7.71. The first kappa shape index (κ1) is 22.0. The van der Waals surface area contributed by atoms with Gasteiger partial charge in [-0.2, -0.15) is 0 Å². The van der Waals surface area contributed by atoms with Crippen LogP contribution in [-0.4, -0.2) is 5.78 Å². The Morgan fingerprint density at radius 2 is 1.68 bits per heavy atom. The fourth-order valence-corrected chi connectivity index (χ4v) is 4.07. The van der Waals surface area contributed by atoms with Gasteiger partial charge in [-0.3, -0.25) is 4.79 Å². The van der Waals surface area contributed by atoms with Gasteiger partial charge in [0.05, 0.1) is 0 Å². The third-order valence-electron chi connectivity index (χ3n) is 5.65. The Kier molecular flexibility index (Phi) is 10.8. The highest BCUT2D eigenvalue weighted by Gasteiger charge is 2.39. The van der Waals surface area contributed by atoms with Crippen LogP contribution in [0.2, 0.25) is 0 Å². The smallest absolute Gasteiger partial charge is 0.172 e. The number of ketones is 1. The van der Waals surface area contributed by atoms with E-state index in [-0.39, 0.29) is 5.41 Å². The van der Waals surface area contributed by atoms with Crippen molar-refractivity contribution in [2.45, 2.75) is 111 Å². The quantitative estimate of drug-likeness (QED) is 0.153. The second kappa shape index (κ2) is 12.3. The van der Waals surface area contributed by atoms with Gasteiger partial charge in [-0.05, 0) is 57.4 Å². The van der Waals surface area contributed by atoms with Gasteiger partial charge in [-0.15, -0.1) is 12.3 Å². The van der Waals surface area contributed by atoms with E-state index < -0.39 is 0 Å². The molecule has 1 rings (SSSR count). The second-order valence-corrected chi connectivity index (χ2v) is 7.96. The topological polar surface area (TPSA) is 17.1 Å². The van der Waals surface area contributed by atoms with E-state index in [4.69, 9.17) is 0 Å². The average molecular weight is 345 g/mol. The molecule has 0 amide bonds. The van der Waals surface area contributed by atoms with Crippen LogP contribution in [0.3, 0.4) is 0 Å². The van der Waals surface area contributed by atoms with E-state index in [1.807, 2.05) is 6.08 Å². The molecule has 0 bridgehead atoms. The second-order valence-electron chi connectivity index (χ2n) is 7.96. The Balaban J connectivity index is 2.99. The molecule has 0 N–H and O–H groups in total. The molecule has 1 fully saturated rings. The zero-order valence-electron chi connectivity index (χ0n) is 17.1. The molecule has 142 valence electrons. The summed E-state index contributed by atoms with van der Waals surface area (Å²) in [6.07, 6.45) is 17.8. The fourth-order valence-electron chi connectivity index (χ4n) is 4.07. The Hall–Kier alpha value is -1.07. The molecule has 0 spiro atoms. The lowest BCUT2D eigenvalue weighted by Gasteiger charge is -2.35. The third kappa shape index (κ3) is 7.37. The van der Waals surface area contributed by atoms with Crippen LogP contribution in [0.1, 0.15) is 111 Å². The minimum Gasteiger partial charge on any atom is -0.293 e. The molecule has 0 atom stereocenters. The van der Waals surface area contributed by atoms with Crippen LogP contribution >= 0.6 is 0 Å². The summed E-state index contributed by atoms with van der Waals surface area (Å²) in [5, 5.41) is 0. The molecule has 1 aliphatic rings. The number of Topliss-reactive ketones (excluding diaryl/α,β-unsaturated/α-hetero) is 1. The lowest BCUT2D eigenvalue weighted by Crippen LogP contribution is -2.34. The lowest BCUT2D eigenvalue weighted by atomic mass is 9.67. The zero-order chi connectivity index (χ0) is 18.5. The SMILES string of the molecule is C=CCC1(C(=O)C(=C=C(C)CCCCCC)CCCC)CCCCC1. The Labute approximate surface area is 156 Å². The summed E-state index contributed by atoms with van der Waals surface area (Å²) in [5.41, 5.74) is 5.61. The van der Waals surface area contributed by atoms with Gasteiger partial charge >= 0.3 is 0 Å². The van der Waals surface area contributed by atoms with Crippen LogP contribution in [-0.2, 0) is 4.79 Å².